The van der Waals surface area contributed by atoms with Gasteiger partial charge in [0.2, 0.25) is 5.91 Å². The number of carbonyl (C=O) groups is 1. The minimum absolute atomic E-state index is 0.00460. The second-order valence-corrected chi connectivity index (χ2v) is 6.08. The first-order chi connectivity index (χ1) is 13.1. The van der Waals surface area contributed by atoms with Gasteiger partial charge in [0, 0.05) is 13.2 Å². The summed E-state index contributed by atoms with van der Waals surface area (Å²) in [5, 5.41) is 31.4. The molecule has 0 unspecified atom stereocenters. The number of unbranched alkanes of at least 4 members (excludes halogenated alkanes) is 1. The number of nitrogens with two attached hydrogens (primary N) is 1. The number of amides is 1. The molecule has 0 fully saturated rings. The number of rotatable bonds is 12. The van der Waals surface area contributed by atoms with Crippen LogP contribution in [0, 0.1) is 0 Å². The van der Waals surface area contributed by atoms with Crippen LogP contribution in [0.15, 0.2) is 30.3 Å². The predicted molar refractivity (Wildman–Crippen MR) is 97.9 cm³/mol. The molecule has 10 nitrogen and oxygen atoms in total. The third-order valence-electron chi connectivity index (χ3n) is 3.94. The van der Waals surface area contributed by atoms with E-state index in [1.807, 2.05) is 30.3 Å². The number of benzene rings is 1. The van der Waals surface area contributed by atoms with Crippen molar-refractivity contribution in [2.24, 2.45) is 5.73 Å². The Bertz CT molecular complexity index is 685. The first-order valence-corrected chi connectivity index (χ1v) is 8.86. The topological polar surface area (TPSA) is 148 Å². The molecule has 0 radical (unpaired) electrons. The van der Waals surface area contributed by atoms with Crippen molar-refractivity contribution in [3.05, 3.63) is 41.7 Å². The molecule has 0 bridgehead atoms. The lowest BCUT2D eigenvalue weighted by Gasteiger charge is -2.12. The van der Waals surface area contributed by atoms with Gasteiger partial charge < -0.3 is 25.8 Å². The molecule has 2 aromatic rings. The van der Waals surface area contributed by atoms with Crippen molar-refractivity contribution in [1.82, 2.24) is 25.5 Å². The lowest BCUT2D eigenvalue weighted by atomic mass is 10.1. The molecule has 0 aliphatic heterocycles. The Morgan fingerprint density at radius 2 is 2.07 bits per heavy atom. The van der Waals surface area contributed by atoms with Gasteiger partial charge in [-0.25, -0.2) is 4.68 Å². The van der Waals surface area contributed by atoms with Gasteiger partial charge >= 0.3 is 7.32 Å². The third kappa shape index (κ3) is 7.83. The maximum atomic E-state index is 12.1. The van der Waals surface area contributed by atoms with Crippen LogP contribution in [0.1, 0.15) is 36.7 Å². The maximum Gasteiger partial charge on any atom is 0.633 e. The lowest BCUT2D eigenvalue weighted by molar-refractivity contribution is -0.121. The highest BCUT2D eigenvalue weighted by Crippen LogP contribution is 2.13. The first kappa shape index (κ1) is 21.0. The number of hydrogen-bond acceptors (Lipinski definition) is 8. The van der Waals surface area contributed by atoms with E-state index in [2.05, 4.69) is 25.5 Å². The highest BCUT2D eigenvalue weighted by molar-refractivity contribution is 6.32. The van der Waals surface area contributed by atoms with E-state index in [-0.39, 0.29) is 19.1 Å². The summed E-state index contributed by atoms with van der Waals surface area (Å²) in [5.74, 6) is 0.258. The fourth-order valence-corrected chi connectivity index (χ4v) is 2.56. The fourth-order valence-electron chi connectivity index (χ4n) is 2.56. The van der Waals surface area contributed by atoms with Crippen LogP contribution in [0.2, 0.25) is 0 Å². The van der Waals surface area contributed by atoms with Gasteiger partial charge in [0.25, 0.3) is 0 Å². The van der Waals surface area contributed by atoms with Gasteiger partial charge in [-0.2, -0.15) is 0 Å². The van der Waals surface area contributed by atoms with E-state index in [0.29, 0.717) is 31.6 Å². The van der Waals surface area contributed by atoms with Gasteiger partial charge in [0.1, 0.15) is 6.54 Å². The van der Waals surface area contributed by atoms with Crippen LogP contribution in [0.4, 0.5) is 0 Å². The van der Waals surface area contributed by atoms with Crippen LogP contribution >= 0.6 is 0 Å². The number of aromatic nitrogens is 4. The van der Waals surface area contributed by atoms with Crippen molar-refractivity contribution in [2.75, 3.05) is 13.2 Å². The minimum Gasteiger partial charge on any atom is -0.402 e. The van der Waals surface area contributed by atoms with Crippen molar-refractivity contribution < 1.29 is 19.5 Å². The maximum absolute atomic E-state index is 12.1. The summed E-state index contributed by atoms with van der Waals surface area (Å²) in [4.78, 5) is 12.1. The fraction of sp³-hybridized carbons (Fsp3) is 0.500. The monoisotopic (exact) mass is 376 g/mol. The summed E-state index contributed by atoms with van der Waals surface area (Å²) >= 11 is 0. The summed E-state index contributed by atoms with van der Waals surface area (Å²) in [5.41, 5.74) is 7.25. The van der Waals surface area contributed by atoms with Crippen molar-refractivity contribution in [2.45, 2.75) is 38.3 Å². The molecule has 1 heterocycles. The van der Waals surface area contributed by atoms with Gasteiger partial charge in [-0.1, -0.05) is 30.3 Å². The second kappa shape index (κ2) is 11.4. The molecule has 146 valence electrons. The largest absolute Gasteiger partial charge is 0.633 e. The highest BCUT2D eigenvalue weighted by atomic mass is 16.6. The van der Waals surface area contributed by atoms with E-state index < -0.39 is 13.4 Å². The van der Waals surface area contributed by atoms with Gasteiger partial charge in [0.15, 0.2) is 5.82 Å². The minimum atomic E-state index is -1.76. The Kier molecular flexibility index (Phi) is 8.85. The van der Waals surface area contributed by atoms with E-state index in [9.17, 15) is 4.79 Å². The lowest BCUT2D eigenvalue weighted by Crippen LogP contribution is -2.31. The summed E-state index contributed by atoms with van der Waals surface area (Å²) in [6.45, 7) is 0.757. The molecule has 27 heavy (non-hydrogen) atoms. The molecule has 1 amide bonds. The summed E-state index contributed by atoms with van der Waals surface area (Å²) in [6.07, 6.45) is 2.65. The molecule has 0 saturated heterocycles. The molecule has 11 heteroatoms. The molecule has 5 N–H and O–H groups in total. The van der Waals surface area contributed by atoms with Crippen LogP contribution in [0.3, 0.4) is 0 Å². The summed E-state index contributed by atoms with van der Waals surface area (Å²) in [6, 6.07) is 9.48. The van der Waals surface area contributed by atoms with Gasteiger partial charge in [-0.15, -0.1) is 5.10 Å². The zero-order valence-corrected chi connectivity index (χ0v) is 15.1. The Morgan fingerprint density at radius 1 is 1.30 bits per heavy atom. The van der Waals surface area contributed by atoms with Crippen molar-refractivity contribution in [1.29, 1.82) is 0 Å². The second-order valence-electron chi connectivity index (χ2n) is 6.08. The quantitative estimate of drug-likeness (QED) is 0.278. The average Bonchev–Trinajstić information content (AvgIpc) is 3.10. The van der Waals surface area contributed by atoms with Crippen molar-refractivity contribution in [3.8, 4) is 0 Å². The molecule has 0 aliphatic carbocycles. The zero-order valence-electron chi connectivity index (χ0n) is 15.1. The number of nitrogens with one attached hydrogen (secondary N) is 1. The predicted octanol–water partition coefficient (Wildman–Crippen LogP) is -0.812. The van der Waals surface area contributed by atoms with E-state index >= 15 is 0 Å². The van der Waals surface area contributed by atoms with Crippen LogP contribution in [0.5, 0.6) is 0 Å². The van der Waals surface area contributed by atoms with Crippen molar-refractivity contribution >= 4 is 13.2 Å². The van der Waals surface area contributed by atoms with E-state index in [1.165, 1.54) is 4.68 Å². The normalized spacial score (nSPS) is 12.0. The van der Waals surface area contributed by atoms with Crippen LogP contribution in [-0.4, -0.2) is 56.6 Å². The number of carbonyl (C=O) groups excluding carboxylic acids is 1. The summed E-state index contributed by atoms with van der Waals surface area (Å²) < 4.78 is 6.03. The Labute approximate surface area is 157 Å². The Hall–Kier alpha value is -2.34. The molecular weight excluding hydrogens is 351 g/mol. The molecule has 1 aromatic carbocycles. The first-order valence-electron chi connectivity index (χ1n) is 8.86. The van der Waals surface area contributed by atoms with Gasteiger partial charge in [-0.05, 0) is 41.7 Å². The average molecular weight is 376 g/mol. The van der Waals surface area contributed by atoms with Crippen LogP contribution in [-0.2, 0) is 22.4 Å². The number of hydrogen-bond donors (Lipinski definition) is 4. The zero-order chi connectivity index (χ0) is 19.5. The molecule has 0 aliphatic rings. The third-order valence-corrected chi connectivity index (χ3v) is 3.94. The molecule has 1 aromatic heterocycles. The summed E-state index contributed by atoms with van der Waals surface area (Å²) in [7, 11) is -1.76. The molecule has 0 spiro atoms. The van der Waals surface area contributed by atoms with Crippen molar-refractivity contribution in [3.63, 3.8) is 0 Å². The SMILES string of the molecule is N[C@H](CCCCOB(O)O)c1nnnn1CC(=O)NCCc1ccccc1. The smallest absolute Gasteiger partial charge is 0.402 e. The molecule has 0 saturated carbocycles. The molecule has 1 atom stereocenters. The Morgan fingerprint density at radius 3 is 2.81 bits per heavy atom. The van der Waals surface area contributed by atoms with Crippen LogP contribution in [0.25, 0.3) is 0 Å². The highest BCUT2D eigenvalue weighted by Gasteiger charge is 2.17. The van der Waals surface area contributed by atoms with E-state index in [1.54, 1.807) is 0 Å². The number of nitrogens with zero attached hydrogens (tertiary/aromatic N) is 4. The number of tetrazole rings is 1. The molecular formula is C16H25BN6O4. The van der Waals surface area contributed by atoms with E-state index in [4.69, 9.17) is 15.8 Å². The Balaban J connectivity index is 1.72. The van der Waals surface area contributed by atoms with Crippen LogP contribution < -0.4 is 11.1 Å². The van der Waals surface area contributed by atoms with Gasteiger partial charge in [0.05, 0.1) is 6.04 Å². The standard InChI is InChI=1S/C16H25BN6O4/c18-14(8-4-5-11-27-17(25)26)16-20-21-22-23(16)12-15(24)19-10-9-13-6-2-1-3-7-13/h1-3,6-7,14,25-26H,4-5,8-12,18H2,(H,19,24)/t14-/m1/s1. The van der Waals surface area contributed by atoms with E-state index in [0.717, 1.165) is 12.0 Å². The molecule has 2 rings (SSSR count). The van der Waals surface area contributed by atoms with Gasteiger partial charge in [-0.3, -0.25) is 4.79 Å².